The van der Waals surface area contributed by atoms with E-state index < -0.39 is 10.1 Å². The van der Waals surface area contributed by atoms with Crippen molar-refractivity contribution in [1.82, 2.24) is 0 Å². The van der Waals surface area contributed by atoms with Gasteiger partial charge in [0.2, 0.25) is 0 Å². The lowest BCUT2D eigenvalue weighted by Gasteiger charge is -2.20. The summed E-state index contributed by atoms with van der Waals surface area (Å²) in [6.45, 7) is 4.14. The molecule has 4 heteroatoms. The number of benzene rings is 1. The summed E-state index contributed by atoms with van der Waals surface area (Å²) in [6, 6.07) is 5.99. The molecule has 0 heterocycles. The topological polar surface area (TPSA) is 54.4 Å². The molecule has 21 heavy (non-hydrogen) atoms. The van der Waals surface area contributed by atoms with Crippen LogP contribution in [0.15, 0.2) is 29.2 Å². The van der Waals surface area contributed by atoms with Crippen molar-refractivity contribution in [2.45, 2.75) is 70.1 Å². The van der Waals surface area contributed by atoms with Gasteiger partial charge in [-0.05, 0) is 25.0 Å². The van der Waals surface area contributed by atoms with Crippen LogP contribution in [0.25, 0.3) is 0 Å². The van der Waals surface area contributed by atoms with Crippen LogP contribution in [-0.2, 0) is 10.1 Å². The van der Waals surface area contributed by atoms with Gasteiger partial charge >= 0.3 is 0 Å². The van der Waals surface area contributed by atoms with Crippen LogP contribution in [0.2, 0.25) is 0 Å². The van der Waals surface area contributed by atoms with E-state index in [2.05, 4.69) is 6.92 Å². The first-order valence-electron chi connectivity index (χ1n) is 7.97. The minimum atomic E-state index is -4.02. The highest BCUT2D eigenvalue weighted by molar-refractivity contribution is 7.85. The number of rotatable bonds is 4. The van der Waals surface area contributed by atoms with E-state index in [4.69, 9.17) is 4.55 Å². The van der Waals surface area contributed by atoms with Crippen molar-refractivity contribution in [3.05, 3.63) is 29.8 Å². The maximum absolute atomic E-state index is 10.5. The average molecular weight is 312 g/mol. The third kappa shape index (κ3) is 7.63. The van der Waals surface area contributed by atoms with Gasteiger partial charge in [0.25, 0.3) is 10.1 Å². The van der Waals surface area contributed by atoms with Crippen LogP contribution in [0.4, 0.5) is 0 Å². The second-order valence-corrected chi connectivity index (χ2v) is 7.36. The third-order valence-electron chi connectivity index (χ3n) is 4.01. The van der Waals surface area contributed by atoms with Crippen molar-refractivity contribution >= 4 is 10.1 Å². The van der Waals surface area contributed by atoms with Gasteiger partial charge in [0.1, 0.15) is 0 Å². The predicted molar refractivity (Wildman–Crippen MR) is 87.1 cm³/mol. The Bertz CT molecular complexity index is 485. The van der Waals surface area contributed by atoms with Crippen molar-refractivity contribution in [3.8, 4) is 0 Å². The lowest BCUT2D eigenvalue weighted by molar-refractivity contribution is 0.331. The van der Waals surface area contributed by atoms with Gasteiger partial charge < -0.3 is 0 Å². The lowest BCUT2D eigenvalue weighted by Crippen LogP contribution is -2.05. The summed E-state index contributed by atoms with van der Waals surface area (Å²) in [4.78, 5) is -0.0666. The molecule has 0 atom stereocenters. The molecule has 1 aromatic rings. The fourth-order valence-corrected chi connectivity index (χ4v) is 3.16. The van der Waals surface area contributed by atoms with Gasteiger partial charge in [-0.15, -0.1) is 0 Å². The number of hydrogen-bond acceptors (Lipinski definition) is 2. The average Bonchev–Trinajstić information content (AvgIpc) is 2.46. The maximum atomic E-state index is 10.5. The fraction of sp³-hybridized carbons (Fsp3) is 0.647. The Morgan fingerprint density at radius 3 is 2.14 bits per heavy atom. The normalized spacial score (nSPS) is 16.1. The van der Waals surface area contributed by atoms with Crippen molar-refractivity contribution in [3.63, 3.8) is 0 Å². The summed E-state index contributed by atoms with van der Waals surface area (Å²) in [5.74, 6) is 1.11. The van der Waals surface area contributed by atoms with Crippen LogP contribution < -0.4 is 0 Å². The summed E-state index contributed by atoms with van der Waals surface area (Å²) in [5.41, 5.74) is 0.956. The highest BCUT2D eigenvalue weighted by Gasteiger charge is 2.11. The van der Waals surface area contributed by atoms with Crippen LogP contribution in [0, 0.1) is 12.8 Å². The zero-order valence-corrected chi connectivity index (χ0v) is 14.0. The molecule has 120 valence electrons. The summed E-state index contributed by atoms with van der Waals surface area (Å²) >= 11 is 0. The van der Waals surface area contributed by atoms with Crippen LogP contribution in [0.5, 0.6) is 0 Å². The molecule has 0 bridgehead atoms. The molecule has 1 N–H and O–H groups in total. The Labute approximate surface area is 129 Å². The Hall–Kier alpha value is -0.870. The van der Waals surface area contributed by atoms with Crippen molar-refractivity contribution in [1.29, 1.82) is 0 Å². The van der Waals surface area contributed by atoms with E-state index >= 15 is 0 Å². The van der Waals surface area contributed by atoms with Crippen molar-refractivity contribution in [2.75, 3.05) is 0 Å². The molecule has 1 aromatic carbocycles. The molecule has 1 aliphatic rings. The number of unbranched alkanes of at least 4 members (excludes halogenated alkanes) is 1. The minimum absolute atomic E-state index is 0.0666. The van der Waals surface area contributed by atoms with Gasteiger partial charge in [-0.3, -0.25) is 4.55 Å². The Morgan fingerprint density at radius 1 is 1.10 bits per heavy atom. The highest BCUT2D eigenvalue weighted by atomic mass is 32.2. The molecule has 0 amide bonds. The highest BCUT2D eigenvalue weighted by Crippen LogP contribution is 2.27. The summed E-state index contributed by atoms with van der Waals surface area (Å²) in [6.07, 6.45) is 11.9. The molecule has 1 aliphatic carbocycles. The number of hydrogen-bond donors (Lipinski definition) is 1. The first kappa shape index (κ1) is 18.2. The fourth-order valence-electron chi connectivity index (χ4n) is 2.68. The second kappa shape index (κ2) is 9.21. The first-order valence-corrected chi connectivity index (χ1v) is 9.41. The molecule has 0 unspecified atom stereocenters. The molecule has 0 aliphatic heterocycles. The molecule has 1 fully saturated rings. The molecule has 3 nitrogen and oxygen atoms in total. The van der Waals surface area contributed by atoms with E-state index in [1.807, 2.05) is 6.92 Å². The van der Waals surface area contributed by atoms with E-state index in [0.717, 1.165) is 11.5 Å². The monoisotopic (exact) mass is 312 g/mol. The zero-order chi connectivity index (χ0) is 15.7. The zero-order valence-electron chi connectivity index (χ0n) is 13.2. The van der Waals surface area contributed by atoms with Crippen molar-refractivity contribution in [2.24, 2.45) is 5.92 Å². The summed E-state index contributed by atoms with van der Waals surface area (Å²) in [7, 11) is -4.02. The number of aryl methyl sites for hydroxylation is 1. The Balaban J connectivity index is 0.000000211. The van der Waals surface area contributed by atoms with Gasteiger partial charge in [0.05, 0.1) is 4.90 Å². The molecule has 0 spiro atoms. The van der Waals surface area contributed by atoms with Crippen LogP contribution in [0.3, 0.4) is 0 Å². The Kier molecular flexibility index (Phi) is 7.97. The molecule has 0 aromatic heterocycles. The minimum Gasteiger partial charge on any atom is -0.282 e. The largest absolute Gasteiger partial charge is 0.294 e. The second-order valence-electron chi connectivity index (χ2n) is 5.93. The standard InChI is InChI=1S/C10H20.C7H8O3S/c1-2-3-7-10-8-5-4-6-9-10;1-6-2-4-7(5-3-6)11(8,9)10/h10H,2-9H2,1H3;2-5H,1H3,(H,8,9,10). The quantitative estimate of drug-likeness (QED) is 0.796. The maximum Gasteiger partial charge on any atom is 0.294 e. The van der Waals surface area contributed by atoms with Gasteiger partial charge in [-0.2, -0.15) is 8.42 Å². The van der Waals surface area contributed by atoms with Crippen LogP contribution in [-0.4, -0.2) is 13.0 Å². The smallest absolute Gasteiger partial charge is 0.282 e. The summed E-state index contributed by atoms with van der Waals surface area (Å²) in [5, 5.41) is 0. The SMILES string of the molecule is CCCCC1CCCCC1.Cc1ccc(S(=O)(=O)O)cc1. The molecule has 0 saturated heterocycles. The van der Waals surface area contributed by atoms with E-state index in [1.54, 1.807) is 12.1 Å². The predicted octanol–water partition coefficient (Wildman–Crippen LogP) is 5.00. The third-order valence-corrected chi connectivity index (χ3v) is 4.88. The molecule has 1 saturated carbocycles. The molecular formula is C17H28O3S. The lowest BCUT2D eigenvalue weighted by atomic mass is 9.86. The van der Waals surface area contributed by atoms with E-state index in [-0.39, 0.29) is 4.90 Å². The van der Waals surface area contributed by atoms with E-state index in [9.17, 15) is 8.42 Å². The summed E-state index contributed by atoms with van der Waals surface area (Å²) < 4.78 is 29.6. The van der Waals surface area contributed by atoms with Gasteiger partial charge in [0.15, 0.2) is 0 Å². The van der Waals surface area contributed by atoms with Crippen LogP contribution in [0.1, 0.15) is 63.9 Å². The van der Waals surface area contributed by atoms with Crippen LogP contribution >= 0.6 is 0 Å². The Morgan fingerprint density at radius 2 is 1.67 bits per heavy atom. The molecule has 0 radical (unpaired) electrons. The van der Waals surface area contributed by atoms with Crippen molar-refractivity contribution < 1.29 is 13.0 Å². The molecule has 2 rings (SSSR count). The van der Waals surface area contributed by atoms with E-state index in [0.29, 0.717) is 0 Å². The van der Waals surface area contributed by atoms with Gasteiger partial charge in [0, 0.05) is 0 Å². The van der Waals surface area contributed by atoms with E-state index in [1.165, 1.54) is 63.5 Å². The van der Waals surface area contributed by atoms with Gasteiger partial charge in [-0.1, -0.05) is 76.0 Å². The first-order chi connectivity index (χ1) is 9.93. The molecular weight excluding hydrogens is 284 g/mol. The van der Waals surface area contributed by atoms with Gasteiger partial charge in [-0.25, -0.2) is 0 Å².